The number of methoxy groups -OCH3 is 1. The highest BCUT2D eigenvalue weighted by molar-refractivity contribution is 9.12. The van der Waals surface area contributed by atoms with E-state index in [4.69, 9.17) is 0 Å². The Morgan fingerprint density at radius 2 is 1.50 bits per heavy atom. The van der Waals surface area contributed by atoms with Gasteiger partial charge in [-0.3, -0.25) is 14.4 Å². The van der Waals surface area contributed by atoms with E-state index in [-0.39, 0.29) is 5.41 Å². The molecule has 0 bridgehead atoms. The molecule has 1 aromatic rings. The van der Waals surface area contributed by atoms with Crippen molar-refractivity contribution in [3.8, 4) is 0 Å². The van der Waals surface area contributed by atoms with Crippen molar-refractivity contribution in [2.24, 2.45) is 5.41 Å². The number of carbonyl (C=O) groups excluding carboxylic acids is 3. The third-order valence-electron chi connectivity index (χ3n) is 2.96. The zero-order valence-corrected chi connectivity index (χ0v) is 18.1. The monoisotopic (exact) mass is 427 g/mol. The SMILES string of the molecule is CN(C)CC(C)(C)C/C=C(/Br)C=O.COC.O=Cc1ccccc1C=O. The standard InChI is InChI=1S/C10H18BrNO.C8H6O2.C2H6O/c1-10(2,8-12(3)4)6-5-9(11)7-13;9-5-7-3-1-2-4-8(7)6-10;1-3-2/h5,7H,6,8H2,1-4H3;1-6H;1-2H3/b9-5+;;. The molecule has 0 spiro atoms. The first-order valence-corrected chi connectivity index (χ1v) is 8.81. The fourth-order valence-corrected chi connectivity index (χ4v) is 2.23. The van der Waals surface area contributed by atoms with E-state index in [1.807, 2.05) is 6.08 Å². The Hall–Kier alpha value is -1.63. The minimum Gasteiger partial charge on any atom is -0.388 e. The number of benzene rings is 1. The molecule has 0 radical (unpaired) electrons. The first-order chi connectivity index (χ1) is 12.2. The molecule has 26 heavy (non-hydrogen) atoms. The minimum absolute atomic E-state index is 0.214. The summed E-state index contributed by atoms with van der Waals surface area (Å²) < 4.78 is 4.89. The van der Waals surface area contributed by atoms with Gasteiger partial charge in [0.2, 0.25) is 0 Å². The van der Waals surface area contributed by atoms with Gasteiger partial charge >= 0.3 is 0 Å². The smallest absolute Gasteiger partial charge is 0.156 e. The van der Waals surface area contributed by atoms with Crippen molar-refractivity contribution in [2.75, 3.05) is 34.9 Å². The summed E-state index contributed by atoms with van der Waals surface area (Å²) >= 11 is 3.18. The summed E-state index contributed by atoms with van der Waals surface area (Å²) in [5, 5.41) is 0. The highest BCUT2D eigenvalue weighted by Gasteiger charge is 2.17. The third kappa shape index (κ3) is 14.7. The first kappa shape index (κ1) is 26.6. The molecule has 0 amide bonds. The van der Waals surface area contributed by atoms with Crippen LogP contribution in [0.2, 0.25) is 0 Å². The molecule has 0 aliphatic heterocycles. The Kier molecular flexibility index (Phi) is 16.0. The molecule has 0 unspecified atom stereocenters. The number of ether oxygens (including phenoxy) is 1. The molecule has 0 saturated heterocycles. The average Bonchev–Trinajstić information content (AvgIpc) is 2.59. The lowest BCUT2D eigenvalue weighted by atomic mass is 9.89. The summed E-state index contributed by atoms with van der Waals surface area (Å²) in [4.78, 5) is 32.9. The minimum atomic E-state index is 0.214. The molecule has 0 aromatic heterocycles. The van der Waals surface area contributed by atoms with E-state index in [0.717, 1.165) is 19.3 Å². The van der Waals surface area contributed by atoms with Crippen LogP contribution in [-0.4, -0.2) is 58.6 Å². The first-order valence-electron chi connectivity index (χ1n) is 8.02. The Morgan fingerprint density at radius 1 is 1.08 bits per heavy atom. The molecule has 0 fully saturated rings. The number of hydrogen-bond donors (Lipinski definition) is 0. The Balaban J connectivity index is 0. The Bertz CT molecular complexity index is 542. The predicted molar refractivity (Wildman–Crippen MR) is 110 cm³/mol. The van der Waals surface area contributed by atoms with E-state index >= 15 is 0 Å². The third-order valence-corrected chi connectivity index (χ3v) is 3.47. The molecule has 5 nitrogen and oxygen atoms in total. The summed E-state index contributed by atoms with van der Waals surface area (Å²) in [7, 11) is 7.36. The van der Waals surface area contributed by atoms with Crippen LogP contribution in [0.15, 0.2) is 34.8 Å². The summed E-state index contributed by atoms with van der Waals surface area (Å²) in [6, 6.07) is 6.65. The van der Waals surface area contributed by atoms with Gasteiger partial charge in [0.1, 0.15) is 0 Å². The van der Waals surface area contributed by atoms with Crippen molar-refractivity contribution in [2.45, 2.75) is 20.3 Å². The number of aldehydes is 3. The van der Waals surface area contributed by atoms with Crippen molar-refractivity contribution >= 4 is 34.8 Å². The van der Waals surface area contributed by atoms with Crippen LogP contribution in [0.25, 0.3) is 0 Å². The van der Waals surface area contributed by atoms with E-state index < -0.39 is 0 Å². The van der Waals surface area contributed by atoms with Crippen LogP contribution < -0.4 is 0 Å². The molecule has 0 N–H and O–H groups in total. The maximum absolute atomic E-state index is 10.3. The molecule has 1 rings (SSSR count). The average molecular weight is 428 g/mol. The topological polar surface area (TPSA) is 63.7 Å². The van der Waals surface area contributed by atoms with E-state index in [9.17, 15) is 14.4 Å². The Morgan fingerprint density at radius 3 is 1.81 bits per heavy atom. The van der Waals surface area contributed by atoms with Gasteiger partial charge in [0.25, 0.3) is 0 Å². The van der Waals surface area contributed by atoms with E-state index in [1.54, 1.807) is 38.5 Å². The molecule has 0 saturated carbocycles. The lowest BCUT2D eigenvalue weighted by Crippen LogP contribution is -2.28. The molecule has 6 heteroatoms. The van der Waals surface area contributed by atoms with Gasteiger partial charge in [-0.1, -0.05) is 44.2 Å². The van der Waals surface area contributed by atoms with Crippen LogP contribution in [-0.2, 0) is 9.53 Å². The van der Waals surface area contributed by atoms with Gasteiger partial charge in [0.05, 0.1) is 4.48 Å². The summed E-state index contributed by atoms with van der Waals surface area (Å²) in [5.74, 6) is 0. The second kappa shape index (κ2) is 15.6. The van der Waals surface area contributed by atoms with Crippen molar-refractivity contribution in [1.82, 2.24) is 4.90 Å². The van der Waals surface area contributed by atoms with Gasteiger partial charge in [-0.15, -0.1) is 0 Å². The molecular weight excluding hydrogens is 398 g/mol. The maximum atomic E-state index is 10.3. The molecule has 1 aromatic carbocycles. The fourth-order valence-electron chi connectivity index (χ4n) is 2.07. The van der Waals surface area contributed by atoms with Gasteiger partial charge in [-0.05, 0) is 41.9 Å². The van der Waals surface area contributed by atoms with E-state index in [1.165, 1.54) is 0 Å². The van der Waals surface area contributed by atoms with Crippen LogP contribution in [0.5, 0.6) is 0 Å². The Labute approximate surface area is 165 Å². The second-order valence-electron chi connectivity index (χ2n) is 6.59. The zero-order chi connectivity index (χ0) is 20.6. The fraction of sp³-hybridized carbons (Fsp3) is 0.450. The maximum Gasteiger partial charge on any atom is 0.156 e. The molecule has 0 heterocycles. The summed E-state index contributed by atoms with van der Waals surface area (Å²) in [6.45, 7) is 5.39. The largest absolute Gasteiger partial charge is 0.388 e. The van der Waals surface area contributed by atoms with Crippen molar-refractivity contribution in [1.29, 1.82) is 0 Å². The highest BCUT2D eigenvalue weighted by atomic mass is 79.9. The number of halogens is 1. The van der Waals surface area contributed by atoms with Crippen LogP contribution in [0.1, 0.15) is 41.0 Å². The number of allylic oxidation sites excluding steroid dienone is 2. The zero-order valence-electron chi connectivity index (χ0n) is 16.5. The second-order valence-corrected chi connectivity index (χ2v) is 7.50. The van der Waals surface area contributed by atoms with Crippen LogP contribution in [0.3, 0.4) is 0 Å². The van der Waals surface area contributed by atoms with Crippen molar-refractivity contribution in [3.05, 3.63) is 46.0 Å². The molecule has 0 aliphatic carbocycles. The number of hydrogen-bond acceptors (Lipinski definition) is 5. The lowest BCUT2D eigenvalue weighted by Gasteiger charge is -2.26. The number of nitrogens with zero attached hydrogens (tertiary/aromatic N) is 1. The van der Waals surface area contributed by atoms with Crippen molar-refractivity contribution in [3.63, 3.8) is 0 Å². The van der Waals surface area contributed by atoms with Gasteiger partial charge < -0.3 is 9.64 Å². The van der Waals surface area contributed by atoms with Crippen LogP contribution >= 0.6 is 15.9 Å². The molecular formula is C20H30BrNO4. The van der Waals surface area contributed by atoms with Gasteiger partial charge in [-0.2, -0.15) is 0 Å². The van der Waals surface area contributed by atoms with E-state index in [0.29, 0.717) is 28.2 Å². The van der Waals surface area contributed by atoms with Crippen molar-refractivity contribution < 1.29 is 19.1 Å². The lowest BCUT2D eigenvalue weighted by molar-refractivity contribution is -0.104. The van der Waals surface area contributed by atoms with Crippen LogP contribution in [0, 0.1) is 5.41 Å². The van der Waals surface area contributed by atoms with Gasteiger partial charge in [0.15, 0.2) is 18.9 Å². The summed E-state index contributed by atoms with van der Waals surface area (Å²) in [6.07, 6.45) is 5.00. The highest BCUT2D eigenvalue weighted by Crippen LogP contribution is 2.22. The predicted octanol–water partition coefficient (Wildman–Crippen LogP) is 4.02. The molecule has 0 aliphatic rings. The summed E-state index contributed by atoms with van der Waals surface area (Å²) in [5.41, 5.74) is 1.10. The van der Waals surface area contributed by atoms with Gasteiger partial charge in [-0.25, -0.2) is 0 Å². The quantitative estimate of drug-likeness (QED) is 0.485. The number of carbonyl (C=O) groups is 3. The van der Waals surface area contributed by atoms with Gasteiger partial charge in [0, 0.05) is 31.9 Å². The van der Waals surface area contributed by atoms with E-state index in [2.05, 4.69) is 53.5 Å². The normalized spacial score (nSPS) is 10.8. The van der Waals surface area contributed by atoms with Crippen LogP contribution in [0.4, 0.5) is 0 Å². The molecule has 0 atom stereocenters. The molecule has 146 valence electrons. The number of rotatable bonds is 7.